The Morgan fingerprint density at radius 3 is 1.71 bits per heavy atom. The van der Waals surface area contributed by atoms with Crippen molar-refractivity contribution in [3.8, 4) is 0 Å². The van der Waals surface area contributed by atoms with Gasteiger partial charge in [0.05, 0.1) is 12.7 Å². The van der Waals surface area contributed by atoms with E-state index in [2.05, 4.69) is 0 Å². The van der Waals surface area contributed by atoms with Crippen LogP contribution in [-0.4, -0.2) is 126 Å². The number of aliphatic hydroxyl groups is 9. The Labute approximate surface area is 138 Å². The van der Waals surface area contributed by atoms with E-state index >= 15 is 0 Å². The third-order valence-corrected chi connectivity index (χ3v) is 3.58. The first-order chi connectivity index (χ1) is 10.9. The summed E-state index contributed by atoms with van der Waals surface area (Å²) in [6.45, 7) is -0.311. The van der Waals surface area contributed by atoms with Crippen LogP contribution in [0.1, 0.15) is 6.92 Å². The van der Waals surface area contributed by atoms with E-state index in [9.17, 15) is 40.5 Å². The topological polar surface area (TPSA) is 202 Å². The second-order valence-corrected chi connectivity index (χ2v) is 5.68. The molecular formula is C13H27NO10. The predicted octanol–water partition coefficient (Wildman–Crippen LogP) is -5.66. The maximum atomic E-state index is 11.9. The van der Waals surface area contributed by atoms with Crippen molar-refractivity contribution >= 4 is 5.91 Å². The molecular weight excluding hydrogens is 330 g/mol. The second kappa shape index (κ2) is 10.2. The highest BCUT2D eigenvalue weighted by Gasteiger charge is 2.36. The summed E-state index contributed by atoms with van der Waals surface area (Å²) in [4.78, 5) is 12.6. The molecule has 0 spiro atoms. The molecule has 0 aliphatic rings. The van der Waals surface area contributed by atoms with Gasteiger partial charge >= 0.3 is 0 Å². The van der Waals surface area contributed by atoms with Crippen LogP contribution in [0.3, 0.4) is 0 Å². The average molecular weight is 357 g/mol. The van der Waals surface area contributed by atoms with Crippen LogP contribution in [0.5, 0.6) is 0 Å². The summed E-state index contributed by atoms with van der Waals surface area (Å²) in [6.07, 6.45) is -14.5. The van der Waals surface area contributed by atoms with Crippen molar-refractivity contribution < 1.29 is 50.8 Å². The van der Waals surface area contributed by atoms with Crippen molar-refractivity contribution in [1.29, 1.82) is 0 Å². The quantitative estimate of drug-likeness (QED) is 0.181. The zero-order valence-electron chi connectivity index (χ0n) is 13.4. The molecule has 0 aliphatic heterocycles. The van der Waals surface area contributed by atoms with Gasteiger partial charge in [-0.05, 0) is 6.92 Å². The van der Waals surface area contributed by atoms with Gasteiger partial charge in [-0.2, -0.15) is 0 Å². The van der Waals surface area contributed by atoms with Gasteiger partial charge in [0.1, 0.15) is 36.6 Å². The van der Waals surface area contributed by atoms with Crippen LogP contribution in [0, 0.1) is 0 Å². The van der Waals surface area contributed by atoms with E-state index in [4.69, 9.17) is 10.2 Å². The Morgan fingerprint density at radius 2 is 1.29 bits per heavy atom. The SMILES string of the molecule is CC(O)C(O)C(O)C(O)C(=O)N(C)C[C@H](O)[C@@H](O)[C@H](O)[C@H](O)CO. The number of carbonyl (C=O) groups excluding carboxylic acids is 1. The van der Waals surface area contributed by atoms with Gasteiger partial charge in [-0.1, -0.05) is 0 Å². The molecule has 9 N–H and O–H groups in total. The number of nitrogens with zero attached hydrogens (tertiary/aromatic N) is 1. The Kier molecular flexibility index (Phi) is 9.80. The normalized spacial score (nSPS) is 22.0. The summed E-state index contributed by atoms with van der Waals surface area (Å²) in [5.74, 6) is -1.12. The summed E-state index contributed by atoms with van der Waals surface area (Å²) in [5, 5.41) is 84.5. The standard InChI is InChI=1S/C13H27NO10/c1-5(16)8(19)11(22)12(23)13(24)14(2)3-6(17)9(20)10(21)7(18)4-15/h5-12,15-23H,3-4H2,1-2H3/t5?,6-,7+,8?,9+,10+,11?,12?/m0/s1. The fourth-order valence-corrected chi connectivity index (χ4v) is 1.89. The van der Waals surface area contributed by atoms with E-state index in [-0.39, 0.29) is 0 Å². The summed E-state index contributed by atoms with van der Waals surface area (Å²) in [5.41, 5.74) is 0. The molecule has 0 bridgehead atoms. The molecule has 144 valence electrons. The number of likely N-dealkylation sites (N-methyl/N-ethyl adjacent to an activating group) is 1. The molecule has 0 aromatic carbocycles. The molecule has 11 heteroatoms. The number of aliphatic hydroxyl groups excluding tert-OH is 9. The largest absolute Gasteiger partial charge is 0.394 e. The first kappa shape index (κ1) is 23.1. The fraction of sp³-hybridized carbons (Fsp3) is 0.923. The van der Waals surface area contributed by atoms with E-state index in [1.807, 2.05) is 0 Å². The van der Waals surface area contributed by atoms with Crippen molar-refractivity contribution in [3.63, 3.8) is 0 Å². The van der Waals surface area contributed by atoms with Crippen LogP contribution in [0.15, 0.2) is 0 Å². The molecule has 0 fully saturated rings. The molecule has 0 aromatic rings. The third kappa shape index (κ3) is 6.20. The smallest absolute Gasteiger partial charge is 0.254 e. The van der Waals surface area contributed by atoms with Gasteiger partial charge in [0.25, 0.3) is 5.91 Å². The Balaban J connectivity index is 4.74. The van der Waals surface area contributed by atoms with Crippen molar-refractivity contribution in [1.82, 2.24) is 4.90 Å². The molecule has 0 aromatic heterocycles. The second-order valence-electron chi connectivity index (χ2n) is 5.68. The number of hydrogen-bond acceptors (Lipinski definition) is 10. The van der Waals surface area contributed by atoms with Gasteiger partial charge in [-0.25, -0.2) is 0 Å². The van der Waals surface area contributed by atoms with Crippen LogP contribution >= 0.6 is 0 Å². The van der Waals surface area contributed by atoms with Gasteiger partial charge in [0, 0.05) is 13.6 Å². The Morgan fingerprint density at radius 1 is 0.833 bits per heavy atom. The van der Waals surface area contributed by atoms with E-state index in [0.29, 0.717) is 4.90 Å². The highest BCUT2D eigenvalue weighted by atomic mass is 16.4. The molecule has 11 nitrogen and oxygen atoms in total. The van der Waals surface area contributed by atoms with E-state index < -0.39 is 67.9 Å². The van der Waals surface area contributed by atoms with Gasteiger partial charge in [0.15, 0.2) is 6.10 Å². The first-order valence-corrected chi connectivity index (χ1v) is 7.26. The molecule has 0 saturated carbocycles. The van der Waals surface area contributed by atoms with Crippen LogP contribution in [0.4, 0.5) is 0 Å². The molecule has 24 heavy (non-hydrogen) atoms. The van der Waals surface area contributed by atoms with E-state index in [0.717, 1.165) is 14.0 Å². The highest BCUT2D eigenvalue weighted by molar-refractivity contribution is 5.81. The molecule has 0 heterocycles. The van der Waals surface area contributed by atoms with Gasteiger partial charge in [0.2, 0.25) is 0 Å². The minimum Gasteiger partial charge on any atom is -0.394 e. The lowest BCUT2D eigenvalue weighted by Crippen LogP contribution is -2.54. The van der Waals surface area contributed by atoms with Crippen LogP contribution in [-0.2, 0) is 4.79 Å². The lowest BCUT2D eigenvalue weighted by Gasteiger charge is -2.31. The van der Waals surface area contributed by atoms with E-state index in [1.54, 1.807) is 0 Å². The predicted molar refractivity (Wildman–Crippen MR) is 78.5 cm³/mol. The number of carbonyl (C=O) groups is 1. The van der Waals surface area contributed by atoms with Crippen LogP contribution < -0.4 is 0 Å². The lowest BCUT2D eigenvalue weighted by molar-refractivity contribution is -0.158. The summed E-state index contributed by atoms with van der Waals surface area (Å²) >= 11 is 0. The number of hydrogen-bond donors (Lipinski definition) is 9. The Bertz CT molecular complexity index is 382. The first-order valence-electron chi connectivity index (χ1n) is 7.26. The van der Waals surface area contributed by atoms with Crippen molar-refractivity contribution in [2.45, 2.75) is 55.8 Å². The minimum absolute atomic E-state index is 0.593. The van der Waals surface area contributed by atoms with Crippen LogP contribution in [0.2, 0.25) is 0 Å². The Hall–Kier alpha value is -0.890. The highest BCUT2D eigenvalue weighted by Crippen LogP contribution is 2.10. The average Bonchev–Trinajstić information content (AvgIpc) is 2.56. The molecule has 0 rings (SSSR count). The monoisotopic (exact) mass is 357 g/mol. The van der Waals surface area contributed by atoms with Gasteiger partial charge in [-0.15, -0.1) is 0 Å². The summed E-state index contributed by atoms with van der Waals surface area (Å²) < 4.78 is 0. The number of amides is 1. The molecule has 4 unspecified atom stereocenters. The summed E-state index contributed by atoms with van der Waals surface area (Å²) in [6, 6.07) is 0. The van der Waals surface area contributed by atoms with E-state index in [1.165, 1.54) is 0 Å². The molecule has 1 amide bonds. The van der Waals surface area contributed by atoms with Gasteiger partial charge in [-0.3, -0.25) is 4.79 Å². The molecule has 8 atom stereocenters. The molecule has 0 saturated heterocycles. The maximum Gasteiger partial charge on any atom is 0.254 e. The van der Waals surface area contributed by atoms with Crippen LogP contribution in [0.25, 0.3) is 0 Å². The zero-order valence-corrected chi connectivity index (χ0v) is 13.4. The van der Waals surface area contributed by atoms with Crippen molar-refractivity contribution in [2.75, 3.05) is 20.2 Å². The van der Waals surface area contributed by atoms with Crippen molar-refractivity contribution in [3.05, 3.63) is 0 Å². The number of rotatable bonds is 10. The molecule has 0 radical (unpaired) electrons. The fourth-order valence-electron chi connectivity index (χ4n) is 1.89. The minimum atomic E-state index is -2.10. The van der Waals surface area contributed by atoms with Gasteiger partial charge < -0.3 is 50.9 Å². The summed E-state index contributed by atoms with van der Waals surface area (Å²) in [7, 11) is 1.11. The lowest BCUT2D eigenvalue weighted by atomic mass is 10.0. The zero-order chi connectivity index (χ0) is 19.2. The maximum absolute atomic E-state index is 11.9. The third-order valence-electron chi connectivity index (χ3n) is 3.58. The molecule has 0 aliphatic carbocycles. The van der Waals surface area contributed by atoms with Crippen molar-refractivity contribution in [2.24, 2.45) is 0 Å².